The molecule has 0 bridgehead atoms. The highest BCUT2D eigenvalue weighted by Crippen LogP contribution is 2.49. The van der Waals surface area contributed by atoms with Crippen LogP contribution in [-0.2, 0) is 20.2 Å². The van der Waals surface area contributed by atoms with Crippen molar-refractivity contribution in [1.29, 1.82) is 0 Å². The number of aliphatic hydroxyl groups excluding tert-OH is 1. The number of fused-ring (bicyclic) bond motifs is 1. The van der Waals surface area contributed by atoms with Crippen LogP contribution >= 0.6 is 30.7 Å². The number of rotatable bonds is 9. The van der Waals surface area contributed by atoms with Gasteiger partial charge in [-0.15, -0.1) is 17.9 Å². The number of halogens is 1. The molecule has 1 unspecified atom stereocenters. The van der Waals surface area contributed by atoms with Crippen molar-refractivity contribution in [2.24, 2.45) is 4.76 Å². The van der Waals surface area contributed by atoms with Crippen molar-refractivity contribution in [2.45, 2.75) is 31.8 Å². The van der Waals surface area contributed by atoms with E-state index in [0.717, 1.165) is 32.0 Å². The lowest BCUT2D eigenvalue weighted by Gasteiger charge is -2.36. The molecule has 2 heterocycles. The first-order valence-electron chi connectivity index (χ1n) is 9.60. The van der Waals surface area contributed by atoms with Gasteiger partial charge in [-0.3, -0.25) is 9.05 Å². The average molecular weight is 469 g/mol. The molecule has 0 saturated carbocycles. The molecule has 0 fully saturated rings. The number of hydrogen-bond donors (Lipinski definition) is 1. The Labute approximate surface area is 186 Å². The summed E-state index contributed by atoms with van der Waals surface area (Å²) in [6.45, 7) is 4.58. The largest absolute Gasteiger partial charge is 0.454 e. The highest BCUT2D eigenvalue weighted by Gasteiger charge is 2.30. The molecule has 30 heavy (non-hydrogen) atoms. The number of benzene rings is 1. The van der Waals surface area contributed by atoms with Crippen molar-refractivity contribution in [3.63, 3.8) is 0 Å². The SMILES string of the molecule is C=CC1C=C(CCCO)C/C(=N/P(=O)(OC)OC)N1Cc1sc2ccccc2c1Cl. The summed E-state index contributed by atoms with van der Waals surface area (Å²) in [6, 6.07) is 7.85. The van der Waals surface area contributed by atoms with Gasteiger partial charge in [-0.25, -0.2) is 4.57 Å². The summed E-state index contributed by atoms with van der Waals surface area (Å²) in [5.74, 6) is 0.593. The smallest absolute Gasteiger partial charge is 0.396 e. The first kappa shape index (κ1) is 23.2. The minimum atomic E-state index is -3.62. The van der Waals surface area contributed by atoms with Gasteiger partial charge >= 0.3 is 7.75 Å². The summed E-state index contributed by atoms with van der Waals surface area (Å²) < 4.78 is 28.4. The Morgan fingerprint density at radius 1 is 1.40 bits per heavy atom. The average Bonchev–Trinajstić information content (AvgIpc) is 3.09. The van der Waals surface area contributed by atoms with Crippen LogP contribution in [0.4, 0.5) is 0 Å². The van der Waals surface area contributed by atoms with Gasteiger partial charge in [0.2, 0.25) is 0 Å². The number of amidine groups is 1. The van der Waals surface area contributed by atoms with Crippen LogP contribution in [0, 0.1) is 0 Å². The molecule has 1 aromatic carbocycles. The Morgan fingerprint density at radius 3 is 2.77 bits per heavy atom. The predicted octanol–water partition coefficient (Wildman–Crippen LogP) is 5.81. The molecule has 1 aromatic heterocycles. The molecule has 162 valence electrons. The molecular weight excluding hydrogens is 443 g/mol. The number of aliphatic hydroxyl groups is 1. The number of thiophene rings is 1. The van der Waals surface area contributed by atoms with E-state index in [0.29, 0.717) is 25.2 Å². The van der Waals surface area contributed by atoms with E-state index < -0.39 is 7.75 Å². The Bertz CT molecular complexity index is 1010. The van der Waals surface area contributed by atoms with Crippen LogP contribution in [0.25, 0.3) is 10.1 Å². The fourth-order valence-electron chi connectivity index (χ4n) is 3.45. The molecule has 0 spiro atoms. The Balaban J connectivity index is 2.03. The Morgan fingerprint density at radius 2 is 2.13 bits per heavy atom. The van der Waals surface area contributed by atoms with Gasteiger partial charge in [-0.1, -0.05) is 47.5 Å². The van der Waals surface area contributed by atoms with Crippen molar-refractivity contribution < 1.29 is 18.7 Å². The molecule has 1 atom stereocenters. The highest BCUT2D eigenvalue weighted by atomic mass is 35.5. The first-order chi connectivity index (χ1) is 14.4. The van der Waals surface area contributed by atoms with E-state index >= 15 is 0 Å². The predicted molar refractivity (Wildman–Crippen MR) is 124 cm³/mol. The third-order valence-corrected chi connectivity index (χ3v) is 8.09. The van der Waals surface area contributed by atoms with Crippen LogP contribution in [-0.4, -0.2) is 42.7 Å². The molecule has 2 aromatic rings. The van der Waals surface area contributed by atoms with Crippen molar-refractivity contribution in [1.82, 2.24) is 4.90 Å². The maximum absolute atomic E-state index is 12.8. The summed E-state index contributed by atoms with van der Waals surface area (Å²) in [4.78, 5) is 3.02. The molecule has 0 radical (unpaired) electrons. The zero-order valence-corrected chi connectivity index (χ0v) is 19.6. The minimum absolute atomic E-state index is 0.109. The topological polar surface area (TPSA) is 71.4 Å². The maximum atomic E-state index is 12.8. The third kappa shape index (κ3) is 5.05. The van der Waals surface area contributed by atoms with E-state index in [4.69, 9.17) is 20.6 Å². The number of hydrogen-bond acceptors (Lipinski definition) is 5. The summed E-state index contributed by atoms with van der Waals surface area (Å²) >= 11 is 8.30. The van der Waals surface area contributed by atoms with E-state index in [2.05, 4.69) is 17.4 Å². The Hall–Kier alpha value is -1.47. The zero-order valence-electron chi connectivity index (χ0n) is 17.1. The molecule has 6 nitrogen and oxygen atoms in total. The fraction of sp³-hybridized carbons (Fsp3) is 0.381. The first-order valence-corrected chi connectivity index (χ1v) is 12.3. The van der Waals surface area contributed by atoms with Crippen LogP contribution in [0.1, 0.15) is 24.1 Å². The van der Waals surface area contributed by atoms with Crippen molar-refractivity contribution in [2.75, 3.05) is 20.8 Å². The summed E-state index contributed by atoms with van der Waals surface area (Å²) in [5, 5.41) is 10.9. The third-order valence-electron chi connectivity index (χ3n) is 5.00. The molecule has 1 aliphatic heterocycles. The normalized spacial score (nSPS) is 18.8. The molecular formula is C21H26ClN2O4PS. The Kier molecular flexibility index (Phi) is 7.91. The van der Waals surface area contributed by atoms with Crippen LogP contribution < -0.4 is 0 Å². The molecule has 1 aliphatic rings. The highest BCUT2D eigenvalue weighted by molar-refractivity contribution is 7.52. The van der Waals surface area contributed by atoms with E-state index in [1.807, 2.05) is 35.2 Å². The summed E-state index contributed by atoms with van der Waals surface area (Å²) in [6.07, 6.45) is 5.80. The monoisotopic (exact) mass is 468 g/mol. The molecule has 1 N–H and O–H groups in total. The van der Waals surface area contributed by atoms with Crippen molar-refractivity contribution in [3.8, 4) is 0 Å². The molecule has 0 aliphatic carbocycles. The molecule has 0 saturated heterocycles. The van der Waals surface area contributed by atoms with Crippen LogP contribution in [0.15, 0.2) is 53.3 Å². The maximum Gasteiger partial charge on any atom is 0.454 e. The van der Waals surface area contributed by atoms with Gasteiger partial charge < -0.3 is 10.0 Å². The van der Waals surface area contributed by atoms with Crippen molar-refractivity contribution >= 4 is 46.6 Å². The van der Waals surface area contributed by atoms with Crippen LogP contribution in [0.3, 0.4) is 0 Å². The van der Waals surface area contributed by atoms with Crippen LogP contribution in [0.5, 0.6) is 0 Å². The lowest BCUT2D eigenvalue weighted by atomic mass is 9.97. The van der Waals surface area contributed by atoms with E-state index in [9.17, 15) is 9.67 Å². The lowest BCUT2D eigenvalue weighted by molar-refractivity contribution is 0.275. The van der Waals surface area contributed by atoms with E-state index in [1.165, 1.54) is 14.2 Å². The minimum Gasteiger partial charge on any atom is -0.396 e. The van der Waals surface area contributed by atoms with Crippen LogP contribution in [0.2, 0.25) is 5.02 Å². The second kappa shape index (κ2) is 10.2. The van der Waals surface area contributed by atoms with Gasteiger partial charge in [0.15, 0.2) is 0 Å². The summed E-state index contributed by atoms with van der Waals surface area (Å²) in [7, 11) is -0.981. The quantitative estimate of drug-likeness (QED) is 0.371. The fourth-order valence-corrected chi connectivity index (χ4v) is 5.72. The van der Waals surface area contributed by atoms with Gasteiger partial charge in [0.25, 0.3) is 0 Å². The van der Waals surface area contributed by atoms with Gasteiger partial charge in [0.1, 0.15) is 5.84 Å². The summed E-state index contributed by atoms with van der Waals surface area (Å²) in [5.41, 5.74) is 1.10. The molecule has 9 heteroatoms. The second-order valence-electron chi connectivity index (χ2n) is 6.87. The molecule has 0 amide bonds. The van der Waals surface area contributed by atoms with E-state index in [1.54, 1.807) is 11.3 Å². The van der Waals surface area contributed by atoms with E-state index in [-0.39, 0.29) is 12.6 Å². The van der Waals surface area contributed by atoms with Gasteiger partial charge in [0.05, 0.1) is 17.6 Å². The second-order valence-corrected chi connectivity index (χ2v) is 10.3. The van der Waals surface area contributed by atoms with Gasteiger partial charge in [-0.2, -0.15) is 4.76 Å². The number of nitrogens with zero attached hydrogens (tertiary/aromatic N) is 2. The lowest BCUT2D eigenvalue weighted by Crippen LogP contribution is -2.41. The standard InChI is InChI=1S/C21H26ClN2O4PS/c1-4-16-12-15(8-7-11-25)13-20(23-29(26,27-2)28-3)24(16)14-19-21(22)17-9-5-6-10-18(17)30-19/h4-6,9-10,12,16,25H,1,7-8,11,13-14H2,2-3H3/b23-20-. The molecule has 3 rings (SSSR count). The van der Waals surface area contributed by atoms with Gasteiger partial charge in [-0.05, 0) is 18.9 Å². The zero-order chi connectivity index (χ0) is 21.7. The van der Waals surface area contributed by atoms with Crippen molar-refractivity contribution in [3.05, 3.63) is 58.5 Å². The van der Waals surface area contributed by atoms with Gasteiger partial charge in [0, 0.05) is 42.2 Å².